The van der Waals surface area contributed by atoms with E-state index in [1.165, 1.54) is 51.6 Å². The van der Waals surface area contributed by atoms with Gasteiger partial charge in [0, 0.05) is 6.42 Å². The van der Waals surface area contributed by atoms with Gasteiger partial charge in [0.1, 0.15) is 6.66 Å². The molecule has 0 aromatic rings. The van der Waals surface area contributed by atoms with Gasteiger partial charge in [0.05, 0.1) is 0 Å². The summed E-state index contributed by atoms with van der Waals surface area (Å²) in [6.07, 6.45) is 11.6. The van der Waals surface area contributed by atoms with Crippen molar-refractivity contribution in [1.82, 2.24) is 0 Å². The van der Waals surface area contributed by atoms with E-state index in [1.54, 1.807) is 0 Å². The summed E-state index contributed by atoms with van der Waals surface area (Å²) in [7, 11) is -3.03. The van der Waals surface area contributed by atoms with Crippen molar-refractivity contribution in [3.05, 3.63) is 0 Å². The van der Waals surface area contributed by atoms with Crippen LogP contribution >= 0.6 is 7.72 Å². The van der Waals surface area contributed by atoms with Gasteiger partial charge in [0.15, 0.2) is 0 Å². The van der Waals surface area contributed by atoms with Gasteiger partial charge >= 0.3 is 0 Å². The van der Waals surface area contributed by atoms with Crippen LogP contribution < -0.4 is 0 Å². The number of aliphatic hydroxyl groups is 1. The molecule has 0 amide bonds. The van der Waals surface area contributed by atoms with Crippen LogP contribution in [0.4, 0.5) is 0 Å². The Morgan fingerprint density at radius 3 is 1.65 bits per heavy atom. The number of hydrogen-bond acceptors (Lipinski definition) is 3. The molecule has 3 N–H and O–H groups in total. The summed E-state index contributed by atoms with van der Waals surface area (Å²) < 4.78 is 0. The molecule has 1 unspecified atom stereocenters. The zero-order chi connectivity index (χ0) is 13.1. The Morgan fingerprint density at radius 2 is 1.24 bits per heavy atom. The van der Waals surface area contributed by atoms with Gasteiger partial charge < -0.3 is 5.11 Å². The molecule has 1 atom stereocenters. The molecule has 104 valence electrons. The smallest absolute Gasteiger partial charge is 0.293 e. The molecule has 0 aliphatic rings. The van der Waals surface area contributed by atoms with Crippen LogP contribution in [0, 0.1) is 0 Å². The second-order valence-electron chi connectivity index (χ2n) is 5.08. The van der Waals surface area contributed by atoms with Crippen LogP contribution in [-0.4, -0.2) is 27.4 Å². The van der Waals surface area contributed by atoms with Gasteiger partial charge in [-0.25, -0.2) is 9.79 Å². The van der Waals surface area contributed by atoms with E-state index in [9.17, 15) is 14.9 Å². The van der Waals surface area contributed by atoms with Gasteiger partial charge in [-0.1, -0.05) is 58.3 Å². The first-order chi connectivity index (χ1) is 7.98. The molecular formula is C13H30O3P+. The Kier molecular flexibility index (Phi) is 10.4. The lowest BCUT2D eigenvalue weighted by molar-refractivity contribution is 0.206. The van der Waals surface area contributed by atoms with Crippen molar-refractivity contribution in [3.63, 3.8) is 0 Å². The zero-order valence-corrected chi connectivity index (χ0v) is 12.3. The fourth-order valence-electron chi connectivity index (χ4n) is 1.88. The summed E-state index contributed by atoms with van der Waals surface area (Å²) in [5, 5.41) is 9.43. The van der Waals surface area contributed by atoms with Crippen molar-refractivity contribution in [2.45, 2.75) is 77.0 Å². The van der Waals surface area contributed by atoms with Crippen molar-refractivity contribution < 1.29 is 14.9 Å². The molecule has 0 saturated carbocycles. The second-order valence-corrected chi connectivity index (χ2v) is 7.63. The third-order valence-corrected chi connectivity index (χ3v) is 4.52. The molecule has 0 fully saturated rings. The average Bonchev–Trinajstić information content (AvgIpc) is 2.25. The van der Waals surface area contributed by atoms with Crippen LogP contribution in [0.2, 0.25) is 0 Å². The number of aliphatic hydroxyl groups excluding tert-OH is 1. The molecule has 4 heteroatoms. The van der Waals surface area contributed by atoms with Crippen molar-refractivity contribution in [3.8, 4) is 0 Å². The maximum absolute atomic E-state index is 9.43. The molecule has 0 bridgehead atoms. The van der Waals surface area contributed by atoms with Crippen LogP contribution in [0.3, 0.4) is 0 Å². The summed E-state index contributed by atoms with van der Waals surface area (Å²) in [5.74, 6) is -0.910. The minimum atomic E-state index is -3.03. The van der Waals surface area contributed by atoms with Gasteiger partial charge in [-0.05, 0) is 6.42 Å². The molecule has 0 aromatic heterocycles. The third-order valence-electron chi connectivity index (χ3n) is 3.13. The minimum absolute atomic E-state index is 0.521. The summed E-state index contributed by atoms with van der Waals surface area (Å²) in [6, 6.07) is 0. The SMILES string of the molecule is CCCCCCCCCCCC(O)[P+](C)(O)O. The molecule has 0 spiro atoms. The fourth-order valence-corrected chi connectivity index (χ4v) is 2.55. The first-order valence-corrected chi connectivity index (χ1v) is 9.19. The molecule has 0 rings (SSSR count). The van der Waals surface area contributed by atoms with Crippen LogP contribution in [0.5, 0.6) is 0 Å². The van der Waals surface area contributed by atoms with Gasteiger partial charge in [-0.2, -0.15) is 0 Å². The van der Waals surface area contributed by atoms with E-state index in [0.29, 0.717) is 6.42 Å². The van der Waals surface area contributed by atoms with Crippen LogP contribution in [0.15, 0.2) is 0 Å². The van der Waals surface area contributed by atoms with Gasteiger partial charge in [0.25, 0.3) is 7.72 Å². The van der Waals surface area contributed by atoms with Gasteiger partial charge in [0.2, 0.25) is 5.85 Å². The standard InChI is InChI=1S/C13H30O3P/c1-3-4-5-6-7-8-9-10-11-12-13(14)17(2,15)16/h13-16H,3-12H2,1-2H3/q+1. The van der Waals surface area contributed by atoms with Gasteiger partial charge in [-0.15, -0.1) is 0 Å². The van der Waals surface area contributed by atoms with E-state index < -0.39 is 13.6 Å². The second kappa shape index (κ2) is 10.3. The summed E-state index contributed by atoms with van der Waals surface area (Å²) >= 11 is 0. The maximum atomic E-state index is 9.43. The van der Waals surface area contributed by atoms with Crippen molar-refractivity contribution in [2.75, 3.05) is 6.66 Å². The number of rotatable bonds is 11. The molecule has 0 saturated heterocycles. The Morgan fingerprint density at radius 1 is 0.824 bits per heavy atom. The minimum Gasteiger partial charge on any atom is -0.355 e. The molecule has 0 aliphatic heterocycles. The normalized spacial score (nSPS) is 13.9. The van der Waals surface area contributed by atoms with Crippen LogP contribution in [0.1, 0.15) is 71.1 Å². The van der Waals surface area contributed by atoms with Crippen molar-refractivity contribution in [1.29, 1.82) is 0 Å². The number of hydrogen-bond donors (Lipinski definition) is 3. The largest absolute Gasteiger partial charge is 0.355 e. The van der Waals surface area contributed by atoms with E-state index in [2.05, 4.69) is 6.92 Å². The molecular weight excluding hydrogens is 235 g/mol. The summed E-state index contributed by atoms with van der Waals surface area (Å²) in [5.41, 5.74) is 0. The zero-order valence-electron chi connectivity index (χ0n) is 11.4. The molecule has 0 heterocycles. The highest BCUT2D eigenvalue weighted by Crippen LogP contribution is 2.51. The fraction of sp³-hybridized carbons (Fsp3) is 1.00. The molecule has 0 aliphatic carbocycles. The van der Waals surface area contributed by atoms with E-state index in [-0.39, 0.29) is 0 Å². The van der Waals surface area contributed by atoms with Crippen molar-refractivity contribution >= 4 is 7.72 Å². The summed E-state index contributed by atoms with van der Waals surface area (Å²) in [6.45, 7) is 3.56. The number of unbranched alkanes of at least 4 members (excludes halogenated alkanes) is 8. The molecule has 3 nitrogen and oxygen atoms in total. The highest BCUT2D eigenvalue weighted by molar-refractivity contribution is 7.64. The first-order valence-electron chi connectivity index (χ1n) is 6.98. The quantitative estimate of drug-likeness (QED) is 0.394. The molecule has 0 radical (unpaired) electrons. The van der Waals surface area contributed by atoms with Gasteiger partial charge in [-0.3, -0.25) is 0 Å². The van der Waals surface area contributed by atoms with Crippen molar-refractivity contribution in [2.24, 2.45) is 0 Å². The third kappa shape index (κ3) is 11.1. The monoisotopic (exact) mass is 265 g/mol. The highest BCUT2D eigenvalue weighted by Gasteiger charge is 2.35. The molecule has 17 heavy (non-hydrogen) atoms. The van der Waals surface area contributed by atoms with E-state index in [1.807, 2.05) is 0 Å². The Bertz CT molecular complexity index is 169. The summed E-state index contributed by atoms with van der Waals surface area (Å²) in [4.78, 5) is 18.5. The van der Waals surface area contributed by atoms with E-state index in [4.69, 9.17) is 0 Å². The first kappa shape index (κ1) is 17.3. The Balaban J connectivity index is 3.19. The lowest BCUT2D eigenvalue weighted by Gasteiger charge is -2.13. The average molecular weight is 265 g/mol. The van der Waals surface area contributed by atoms with Crippen LogP contribution in [0.25, 0.3) is 0 Å². The maximum Gasteiger partial charge on any atom is 0.293 e. The van der Waals surface area contributed by atoms with E-state index >= 15 is 0 Å². The Hall–Kier alpha value is 0.310. The van der Waals surface area contributed by atoms with E-state index in [0.717, 1.165) is 12.8 Å². The topological polar surface area (TPSA) is 60.7 Å². The van der Waals surface area contributed by atoms with Crippen LogP contribution in [-0.2, 0) is 0 Å². The predicted molar refractivity (Wildman–Crippen MR) is 75.1 cm³/mol. The lowest BCUT2D eigenvalue weighted by Crippen LogP contribution is -2.11. The predicted octanol–water partition coefficient (Wildman–Crippen LogP) is 3.69. The molecule has 0 aromatic carbocycles. The Labute approximate surface area is 107 Å². The lowest BCUT2D eigenvalue weighted by atomic mass is 10.1. The highest BCUT2D eigenvalue weighted by atomic mass is 31.2.